The maximum Gasteiger partial charge on any atom is 0.191 e. The molecule has 1 atom stereocenters. The van der Waals surface area contributed by atoms with Gasteiger partial charge in [-0.05, 0) is 36.5 Å². The highest BCUT2D eigenvalue weighted by Crippen LogP contribution is 2.29. The number of benzene rings is 2. The molecule has 0 radical (unpaired) electrons. The van der Waals surface area contributed by atoms with E-state index in [1.54, 1.807) is 13.2 Å². The highest BCUT2D eigenvalue weighted by atomic mass is 16.5. The average molecular weight is 400 g/mol. The smallest absolute Gasteiger partial charge is 0.191 e. The molecule has 0 bridgehead atoms. The molecule has 0 fully saturated rings. The van der Waals surface area contributed by atoms with Crippen LogP contribution in [0.2, 0.25) is 0 Å². The molecule has 6 nitrogen and oxygen atoms in total. The van der Waals surface area contributed by atoms with Crippen molar-refractivity contribution >= 4 is 5.96 Å². The van der Waals surface area contributed by atoms with Gasteiger partial charge in [0.1, 0.15) is 0 Å². The van der Waals surface area contributed by atoms with Crippen LogP contribution in [0.5, 0.6) is 11.5 Å². The number of hydrogen-bond donors (Lipinski definition) is 3. The lowest BCUT2D eigenvalue weighted by molar-refractivity contribution is 0.0945. The molecule has 3 N–H and O–H groups in total. The predicted octanol–water partition coefficient (Wildman–Crippen LogP) is 3.35. The fourth-order valence-electron chi connectivity index (χ4n) is 2.84. The van der Waals surface area contributed by atoms with Crippen LogP contribution in [0.1, 0.15) is 25.0 Å². The lowest BCUT2D eigenvalue weighted by Crippen LogP contribution is -2.38. The highest BCUT2D eigenvalue weighted by Gasteiger charge is 2.08. The third kappa shape index (κ3) is 8.03. The molecule has 6 heteroatoms. The second-order valence-corrected chi connectivity index (χ2v) is 6.97. The molecule has 0 spiro atoms. The monoisotopic (exact) mass is 399 g/mol. The third-order valence-electron chi connectivity index (χ3n) is 4.41. The Morgan fingerprint density at radius 3 is 2.62 bits per heavy atom. The van der Waals surface area contributed by atoms with E-state index in [1.165, 1.54) is 5.56 Å². The van der Waals surface area contributed by atoms with E-state index in [2.05, 4.69) is 34.7 Å². The van der Waals surface area contributed by atoms with E-state index >= 15 is 0 Å². The molecular formula is C23H33N3O3. The van der Waals surface area contributed by atoms with E-state index in [0.717, 1.165) is 18.1 Å². The molecule has 1 unspecified atom stereocenters. The molecule has 0 aromatic heterocycles. The van der Waals surface area contributed by atoms with E-state index in [-0.39, 0.29) is 5.75 Å². The third-order valence-corrected chi connectivity index (χ3v) is 4.41. The number of nitrogens with zero attached hydrogens (tertiary/aromatic N) is 1. The molecular weight excluding hydrogens is 366 g/mol. The molecule has 0 heterocycles. The van der Waals surface area contributed by atoms with Gasteiger partial charge >= 0.3 is 0 Å². The molecule has 0 aliphatic heterocycles. The van der Waals surface area contributed by atoms with Crippen LogP contribution in [0.3, 0.4) is 0 Å². The molecule has 0 saturated heterocycles. The molecule has 0 aliphatic carbocycles. The Balaban J connectivity index is 1.76. The maximum atomic E-state index is 10.2. The SMILES string of the molecule is CCNC(=NCC(C)COCc1ccccc1)NCCc1cccc(OC)c1O. The first-order valence-corrected chi connectivity index (χ1v) is 10.1. The summed E-state index contributed by atoms with van der Waals surface area (Å²) in [5.41, 5.74) is 2.02. The minimum absolute atomic E-state index is 0.197. The van der Waals surface area contributed by atoms with Gasteiger partial charge in [-0.2, -0.15) is 0 Å². The van der Waals surface area contributed by atoms with Crippen molar-refractivity contribution in [3.8, 4) is 11.5 Å². The summed E-state index contributed by atoms with van der Waals surface area (Å²) in [4.78, 5) is 4.65. The number of guanidine groups is 1. The topological polar surface area (TPSA) is 75.1 Å². The molecule has 0 saturated carbocycles. The van der Waals surface area contributed by atoms with Gasteiger partial charge in [-0.1, -0.05) is 49.4 Å². The van der Waals surface area contributed by atoms with Gasteiger partial charge in [0.15, 0.2) is 17.5 Å². The van der Waals surface area contributed by atoms with Crippen LogP contribution < -0.4 is 15.4 Å². The number of ether oxygens (including phenoxy) is 2. The van der Waals surface area contributed by atoms with Crippen molar-refractivity contribution in [1.82, 2.24) is 10.6 Å². The Labute approximate surface area is 174 Å². The van der Waals surface area contributed by atoms with Crippen molar-refractivity contribution in [3.05, 3.63) is 59.7 Å². The summed E-state index contributed by atoms with van der Waals surface area (Å²) in [6.07, 6.45) is 0.670. The summed E-state index contributed by atoms with van der Waals surface area (Å²) >= 11 is 0. The summed E-state index contributed by atoms with van der Waals surface area (Å²) in [6.45, 7) is 7.58. The number of phenolic OH excluding ortho intramolecular Hbond substituents is 1. The van der Waals surface area contributed by atoms with Gasteiger partial charge in [0.2, 0.25) is 0 Å². The first-order chi connectivity index (χ1) is 14.1. The second-order valence-electron chi connectivity index (χ2n) is 6.97. The standard InChI is InChI=1S/C23H33N3O3/c1-4-24-23(25-14-13-20-11-8-12-21(28-3)22(20)27)26-15-18(2)16-29-17-19-9-6-5-7-10-19/h5-12,18,27H,4,13-17H2,1-3H3,(H2,24,25,26). The number of phenols is 1. The van der Waals surface area contributed by atoms with Gasteiger partial charge in [0.05, 0.1) is 20.3 Å². The van der Waals surface area contributed by atoms with Crippen LogP contribution in [0.25, 0.3) is 0 Å². The van der Waals surface area contributed by atoms with E-state index < -0.39 is 0 Å². The highest BCUT2D eigenvalue weighted by molar-refractivity contribution is 5.79. The van der Waals surface area contributed by atoms with Crippen LogP contribution in [-0.4, -0.2) is 44.4 Å². The number of para-hydroxylation sites is 1. The molecule has 158 valence electrons. The van der Waals surface area contributed by atoms with Gasteiger partial charge in [-0.15, -0.1) is 0 Å². The summed E-state index contributed by atoms with van der Waals surface area (Å²) in [5.74, 6) is 1.77. The predicted molar refractivity (Wildman–Crippen MR) is 118 cm³/mol. The van der Waals surface area contributed by atoms with E-state index in [4.69, 9.17) is 9.47 Å². The van der Waals surface area contributed by atoms with Crippen molar-refractivity contribution in [2.45, 2.75) is 26.9 Å². The number of rotatable bonds is 11. The average Bonchev–Trinajstić information content (AvgIpc) is 2.74. The molecule has 2 aromatic carbocycles. The summed E-state index contributed by atoms with van der Waals surface area (Å²) in [5, 5.41) is 16.8. The van der Waals surface area contributed by atoms with Crippen LogP contribution in [0, 0.1) is 5.92 Å². The van der Waals surface area contributed by atoms with Gasteiger partial charge < -0.3 is 25.2 Å². The molecule has 0 aliphatic rings. The minimum Gasteiger partial charge on any atom is -0.504 e. The molecule has 0 amide bonds. The first-order valence-electron chi connectivity index (χ1n) is 10.1. The number of hydrogen-bond acceptors (Lipinski definition) is 4. The number of aliphatic imine (C=N–C) groups is 1. The summed E-state index contributed by atoms with van der Waals surface area (Å²) in [6, 6.07) is 15.7. The number of aromatic hydroxyl groups is 1. The lowest BCUT2D eigenvalue weighted by Gasteiger charge is -2.14. The van der Waals surface area contributed by atoms with Crippen molar-refractivity contribution < 1.29 is 14.6 Å². The normalized spacial score (nSPS) is 12.4. The van der Waals surface area contributed by atoms with Gasteiger partial charge in [0, 0.05) is 19.6 Å². The minimum atomic E-state index is 0.197. The Morgan fingerprint density at radius 1 is 1.10 bits per heavy atom. The van der Waals surface area contributed by atoms with Crippen molar-refractivity contribution in [2.24, 2.45) is 10.9 Å². The Kier molecular flexibility index (Phi) is 9.86. The van der Waals surface area contributed by atoms with E-state index in [9.17, 15) is 5.11 Å². The Hall–Kier alpha value is -2.73. The van der Waals surface area contributed by atoms with Crippen molar-refractivity contribution in [1.29, 1.82) is 0 Å². The summed E-state index contributed by atoms with van der Waals surface area (Å²) < 4.78 is 11.0. The fraction of sp³-hybridized carbons (Fsp3) is 0.435. The zero-order chi connectivity index (χ0) is 20.9. The van der Waals surface area contributed by atoms with Gasteiger partial charge in [-0.25, -0.2) is 0 Å². The fourth-order valence-corrected chi connectivity index (χ4v) is 2.84. The lowest BCUT2D eigenvalue weighted by atomic mass is 10.1. The van der Waals surface area contributed by atoms with Crippen molar-refractivity contribution in [3.63, 3.8) is 0 Å². The van der Waals surface area contributed by atoms with Crippen LogP contribution >= 0.6 is 0 Å². The van der Waals surface area contributed by atoms with E-state index in [0.29, 0.717) is 44.4 Å². The molecule has 29 heavy (non-hydrogen) atoms. The zero-order valence-corrected chi connectivity index (χ0v) is 17.6. The Bertz CT molecular complexity index is 750. The van der Waals surface area contributed by atoms with Gasteiger partial charge in [0.25, 0.3) is 0 Å². The van der Waals surface area contributed by atoms with Gasteiger partial charge in [-0.3, -0.25) is 4.99 Å². The Morgan fingerprint density at radius 2 is 1.90 bits per heavy atom. The zero-order valence-electron chi connectivity index (χ0n) is 17.6. The van der Waals surface area contributed by atoms with Crippen molar-refractivity contribution in [2.75, 3.05) is 33.4 Å². The molecule has 2 rings (SSSR count). The van der Waals surface area contributed by atoms with Crippen LogP contribution in [0.15, 0.2) is 53.5 Å². The second kappa shape index (κ2) is 12.7. The maximum absolute atomic E-state index is 10.2. The van der Waals surface area contributed by atoms with E-state index in [1.807, 2.05) is 37.3 Å². The van der Waals surface area contributed by atoms with Crippen LogP contribution in [0.4, 0.5) is 0 Å². The summed E-state index contributed by atoms with van der Waals surface area (Å²) in [7, 11) is 1.55. The number of methoxy groups -OCH3 is 1. The van der Waals surface area contributed by atoms with Crippen LogP contribution in [-0.2, 0) is 17.8 Å². The largest absolute Gasteiger partial charge is 0.504 e. The first kappa shape index (κ1) is 22.6. The molecule has 2 aromatic rings. The number of nitrogens with one attached hydrogen (secondary N) is 2. The quantitative estimate of drug-likeness (QED) is 0.399.